The summed E-state index contributed by atoms with van der Waals surface area (Å²) in [6.45, 7) is 2.96. The maximum absolute atomic E-state index is 13.1. The van der Waals surface area contributed by atoms with E-state index < -0.39 is 0 Å². The van der Waals surface area contributed by atoms with E-state index in [0.717, 1.165) is 38.0 Å². The molecule has 0 spiro atoms. The molecule has 0 radical (unpaired) electrons. The molecule has 0 N–H and O–H groups in total. The van der Waals surface area contributed by atoms with Gasteiger partial charge < -0.3 is 4.42 Å². The quantitative estimate of drug-likeness (QED) is 0.470. The molecule has 4 nitrogen and oxygen atoms in total. The number of piperidine rings is 1. The number of likely N-dealkylation sites (tertiary alicyclic amines) is 1. The fourth-order valence-electron chi connectivity index (χ4n) is 4.12. The van der Waals surface area contributed by atoms with E-state index in [1.165, 1.54) is 28.5 Å². The van der Waals surface area contributed by atoms with Crippen molar-refractivity contribution in [2.24, 2.45) is 0 Å². The number of rotatable bonds is 4. The third-order valence-corrected chi connectivity index (χ3v) is 5.74. The zero-order chi connectivity index (χ0) is 19.6. The molecule has 0 atom stereocenters. The Labute approximate surface area is 169 Å². The lowest BCUT2D eigenvalue weighted by molar-refractivity contribution is 0.194. The number of fused-ring (bicyclic) bond motifs is 1. The molecular formula is C24H22FN3O. The molecule has 4 aromatic rings. The van der Waals surface area contributed by atoms with Gasteiger partial charge in [-0.25, -0.2) is 4.39 Å². The van der Waals surface area contributed by atoms with Crippen LogP contribution in [0, 0.1) is 5.82 Å². The van der Waals surface area contributed by atoms with Crippen LogP contribution in [-0.4, -0.2) is 28.2 Å². The molecule has 0 amide bonds. The third-order valence-electron chi connectivity index (χ3n) is 5.74. The van der Waals surface area contributed by atoms with E-state index in [1.54, 1.807) is 12.1 Å². The van der Waals surface area contributed by atoms with E-state index in [1.807, 2.05) is 0 Å². The van der Waals surface area contributed by atoms with E-state index in [2.05, 4.69) is 57.6 Å². The summed E-state index contributed by atoms with van der Waals surface area (Å²) in [7, 11) is 0. The van der Waals surface area contributed by atoms with Crippen LogP contribution in [0.15, 0.2) is 71.1 Å². The van der Waals surface area contributed by atoms with Gasteiger partial charge in [-0.1, -0.05) is 42.5 Å². The van der Waals surface area contributed by atoms with Gasteiger partial charge in [0.25, 0.3) is 0 Å². The summed E-state index contributed by atoms with van der Waals surface area (Å²) >= 11 is 0. The van der Waals surface area contributed by atoms with Crippen molar-refractivity contribution in [1.82, 2.24) is 15.1 Å². The number of hydrogen-bond donors (Lipinski definition) is 0. The van der Waals surface area contributed by atoms with Gasteiger partial charge >= 0.3 is 0 Å². The third kappa shape index (κ3) is 3.78. The summed E-state index contributed by atoms with van der Waals surface area (Å²) < 4.78 is 19.0. The fourth-order valence-corrected chi connectivity index (χ4v) is 4.12. The molecule has 1 fully saturated rings. The second-order valence-electron chi connectivity index (χ2n) is 7.64. The summed E-state index contributed by atoms with van der Waals surface area (Å²) in [4.78, 5) is 2.50. The van der Waals surface area contributed by atoms with E-state index in [0.29, 0.717) is 11.8 Å². The van der Waals surface area contributed by atoms with Crippen molar-refractivity contribution >= 4 is 10.8 Å². The van der Waals surface area contributed by atoms with Gasteiger partial charge in [0.05, 0.1) is 0 Å². The highest BCUT2D eigenvalue weighted by Gasteiger charge is 2.25. The zero-order valence-corrected chi connectivity index (χ0v) is 16.1. The van der Waals surface area contributed by atoms with Crippen LogP contribution in [0.5, 0.6) is 0 Å². The lowest BCUT2D eigenvalue weighted by Crippen LogP contribution is -2.32. The van der Waals surface area contributed by atoms with Gasteiger partial charge in [-0.05, 0) is 66.5 Å². The van der Waals surface area contributed by atoms with Crippen LogP contribution >= 0.6 is 0 Å². The van der Waals surface area contributed by atoms with Crippen molar-refractivity contribution in [2.45, 2.75) is 25.3 Å². The maximum atomic E-state index is 13.1. The second-order valence-corrected chi connectivity index (χ2v) is 7.64. The molecule has 0 bridgehead atoms. The normalized spacial score (nSPS) is 15.8. The fraction of sp³-hybridized carbons (Fsp3) is 0.250. The predicted molar refractivity (Wildman–Crippen MR) is 111 cm³/mol. The molecule has 0 unspecified atom stereocenters. The minimum absolute atomic E-state index is 0.271. The molecule has 0 aliphatic carbocycles. The molecule has 5 heteroatoms. The highest BCUT2D eigenvalue weighted by molar-refractivity contribution is 5.85. The number of aromatic nitrogens is 2. The van der Waals surface area contributed by atoms with Crippen molar-refractivity contribution in [2.75, 3.05) is 13.1 Å². The van der Waals surface area contributed by atoms with Gasteiger partial charge in [0.15, 0.2) is 0 Å². The average Bonchev–Trinajstić information content (AvgIpc) is 3.25. The first-order chi connectivity index (χ1) is 14.3. The van der Waals surface area contributed by atoms with E-state index in [-0.39, 0.29) is 11.7 Å². The van der Waals surface area contributed by atoms with E-state index in [4.69, 9.17) is 4.42 Å². The minimum atomic E-state index is -0.271. The van der Waals surface area contributed by atoms with Crippen LogP contribution in [0.3, 0.4) is 0 Å². The predicted octanol–water partition coefficient (Wildman–Crippen LogP) is 5.41. The van der Waals surface area contributed by atoms with Gasteiger partial charge in [-0.2, -0.15) is 0 Å². The monoisotopic (exact) mass is 387 g/mol. The molecule has 146 valence electrons. The molecule has 1 aromatic heterocycles. The zero-order valence-electron chi connectivity index (χ0n) is 16.1. The molecular weight excluding hydrogens is 365 g/mol. The molecule has 2 heterocycles. The van der Waals surface area contributed by atoms with Crippen molar-refractivity contribution < 1.29 is 8.81 Å². The average molecular weight is 387 g/mol. The van der Waals surface area contributed by atoms with E-state index in [9.17, 15) is 4.39 Å². The van der Waals surface area contributed by atoms with Gasteiger partial charge in [0, 0.05) is 18.0 Å². The Bertz CT molecular complexity index is 1110. The van der Waals surface area contributed by atoms with E-state index >= 15 is 0 Å². The first-order valence-electron chi connectivity index (χ1n) is 10.0. The van der Waals surface area contributed by atoms with Crippen molar-refractivity contribution in [3.8, 4) is 11.5 Å². The van der Waals surface area contributed by atoms with Crippen molar-refractivity contribution in [3.63, 3.8) is 0 Å². The number of nitrogens with zero attached hydrogens (tertiary/aromatic N) is 3. The lowest BCUT2D eigenvalue weighted by atomic mass is 9.96. The Kier molecular flexibility index (Phi) is 4.82. The standard InChI is InChI=1S/C24H22FN3O/c25-21-10-8-18(9-11-21)23-26-27-24(29-23)19-12-14-28(15-13-19)16-20-6-3-5-17-4-1-2-7-22(17)20/h1-11,19H,12-16H2. The summed E-state index contributed by atoms with van der Waals surface area (Å²) in [5.74, 6) is 1.15. The summed E-state index contributed by atoms with van der Waals surface area (Å²) in [6.07, 6.45) is 1.99. The maximum Gasteiger partial charge on any atom is 0.247 e. The van der Waals surface area contributed by atoms with Gasteiger partial charge in [-0.15, -0.1) is 10.2 Å². The number of benzene rings is 3. The number of hydrogen-bond acceptors (Lipinski definition) is 4. The van der Waals surface area contributed by atoms with Crippen molar-refractivity contribution in [3.05, 3.63) is 84.0 Å². The molecule has 1 aliphatic heterocycles. The molecule has 1 aliphatic rings. The first-order valence-corrected chi connectivity index (χ1v) is 10.0. The molecule has 29 heavy (non-hydrogen) atoms. The Morgan fingerprint density at radius 2 is 1.66 bits per heavy atom. The molecule has 3 aromatic carbocycles. The second kappa shape index (κ2) is 7.76. The highest BCUT2D eigenvalue weighted by Crippen LogP contribution is 2.30. The van der Waals surface area contributed by atoms with Crippen LogP contribution in [0.2, 0.25) is 0 Å². The van der Waals surface area contributed by atoms with Crippen LogP contribution in [-0.2, 0) is 6.54 Å². The SMILES string of the molecule is Fc1ccc(-c2nnc(C3CCN(Cc4cccc5ccccc45)CC3)o2)cc1. The topological polar surface area (TPSA) is 42.2 Å². The lowest BCUT2D eigenvalue weighted by Gasteiger charge is -2.30. The Balaban J connectivity index is 1.24. The van der Waals surface area contributed by atoms with Crippen molar-refractivity contribution in [1.29, 1.82) is 0 Å². The van der Waals surface area contributed by atoms with Crippen LogP contribution in [0.4, 0.5) is 4.39 Å². The Hall–Kier alpha value is -3.05. The van der Waals surface area contributed by atoms with Gasteiger partial charge in [0.1, 0.15) is 5.82 Å². The smallest absolute Gasteiger partial charge is 0.247 e. The van der Waals surface area contributed by atoms with Crippen LogP contribution < -0.4 is 0 Å². The molecule has 5 rings (SSSR count). The largest absolute Gasteiger partial charge is 0.420 e. The summed E-state index contributed by atoms with van der Waals surface area (Å²) in [5.41, 5.74) is 2.12. The molecule has 0 saturated carbocycles. The molecule has 1 saturated heterocycles. The van der Waals surface area contributed by atoms with Crippen LogP contribution in [0.1, 0.15) is 30.2 Å². The van der Waals surface area contributed by atoms with Gasteiger partial charge in [0.2, 0.25) is 11.8 Å². The highest BCUT2D eigenvalue weighted by atomic mass is 19.1. The number of halogens is 1. The minimum Gasteiger partial charge on any atom is -0.420 e. The van der Waals surface area contributed by atoms with Crippen LogP contribution in [0.25, 0.3) is 22.2 Å². The summed E-state index contributed by atoms with van der Waals surface area (Å²) in [6, 6.07) is 21.2. The van der Waals surface area contributed by atoms with Gasteiger partial charge in [-0.3, -0.25) is 4.90 Å². The first kappa shape index (κ1) is 18.0. The Morgan fingerprint density at radius 3 is 2.48 bits per heavy atom. The Morgan fingerprint density at radius 1 is 0.897 bits per heavy atom. The summed E-state index contributed by atoms with van der Waals surface area (Å²) in [5, 5.41) is 11.0.